The summed E-state index contributed by atoms with van der Waals surface area (Å²) in [5.41, 5.74) is 4.82. The van der Waals surface area contributed by atoms with Crippen LogP contribution in [0.25, 0.3) is 5.57 Å². The number of rotatable bonds is 1. The zero-order valence-corrected chi connectivity index (χ0v) is 10.2. The molecule has 0 aliphatic carbocycles. The minimum absolute atomic E-state index is 0.0282. The Morgan fingerprint density at radius 1 is 1.56 bits per heavy atom. The average Bonchev–Trinajstić information content (AvgIpc) is 2.19. The Morgan fingerprint density at radius 3 is 2.88 bits per heavy atom. The molecule has 16 heavy (non-hydrogen) atoms. The second-order valence-electron chi connectivity index (χ2n) is 4.17. The van der Waals surface area contributed by atoms with Crippen molar-refractivity contribution in [2.24, 2.45) is 0 Å². The number of fused-ring (bicyclic) bond motifs is 1. The summed E-state index contributed by atoms with van der Waals surface area (Å²) >= 11 is 6.19. The molecule has 1 heterocycles. The minimum Gasteiger partial charge on any atom is -0.352 e. The molecule has 3 heteroatoms. The van der Waals surface area contributed by atoms with Gasteiger partial charge in [0.2, 0.25) is 0 Å². The van der Waals surface area contributed by atoms with E-state index < -0.39 is 0 Å². The summed E-state index contributed by atoms with van der Waals surface area (Å²) in [6.45, 7) is 8.57. The molecule has 0 bridgehead atoms. The summed E-state index contributed by atoms with van der Waals surface area (Å²) in [5, 5.41) is 3.43. The van der Waals surface area contributed by atoms with E-state index in [0.29, 0.717) is 17.1 Å². The Hall–Kier alpha value is -1.28. The second-order valence-corrected chi connectivity index (χ2v) is 4.58. The highest BCUT2D eigenvalue weighted by Gasteiger charge is 2.22. The van der Waals surface area contributed by atoms with E-state index in [1.165, 1.54) is 0 Å². The predicted molar refractivity (Wildman–Crippen MR) is 66.9 cm³/mol. The molecule has 0 spiro atoms. The van der Waals surface area contributed by atoms with Gasteiger partial charge in [-0.2, -0.15) is 0 Å². The van der Waals surface area contributed by atoms with Gasteiger partial charge in [0.05, 0.1) is 0 Å². The van der Waals surface area contributed by atoms with Crippen LogP contribution >= 0.6 is 11.6 Å². The Bertz CT molecular complexity index is 491. The molecule has 1 aliphatic heterocycles. The fraction of sp³-hybridized carbons (Fsp3) is 0.308. The van der Waals surface area contributed by atoms with Crippen molar-refractivity contribution in [3.63, 3.8) is 0 Å². The number of hydrogen-bond donors (Lipinski definition) is 1. The summed E-state index contributed by atoms with van der Waals surface area (Å²) in [6.07, 6.45) is 0.865. The van der Waals surface area contributed by atoms with Gasteiger partial charge < -0.3 is 5.32 Å². The zero-order valence-electron chi connectivity index (χ0n) is 9.48. The first-order valence-corrected chi connectivity index (χ1v) is 5.66. The molecule has 0 aromatic heterocycles. The van der Waals surface area contributed by atoms with Crippen molar-refractivity contribution >= 4 is 23.1 Å². The van der Waals surface area contributed by atoms with Crippen molar-refractivity contribution in [1.29, 1.82) is 0 Å². The van der Waals surface area contributed by atoms with Crippen LogP contribution in [0.5, 0.6) is 0 Å². The molecule has 0 radical (unpaired) electrons. The smallest absolute Gasteiger partial charge is 0.251 e. The number of carbonyl (C=O) groups is 1. The van der Waals surface area contributed by atoms with Gasteiger partial charge in [0.1, 0.15) is 0 Å². The molecule has 1 aromatic rings. The Labute approximate surface area is 100 Å². The summed E-state index contributed by atoms with van der Waals surface area (Å²) < 4.78 is 0. The van der Waals surface area contributed by atoms with Crippen molar-refractivity contribution < 1.29 is 4.79 Å². The number of allylic oxidation sites excluding steroid dienone is 1. The summed E-state index contributed by atoms with van der Waals surface area (Å²) in [5.74, 6) is -0.0282. The van der Waals surface area contributed by atoms with Crippen molar-refractivity contribution in [1.82, 2.24) is 5.32 Å². The van der Waals surface area contributed by atoms with Gasteiger partial charge in [-0.3, -0.25) is 4.79 Å². The van der Waals surface area contributed by atoms with E-state index in [0.717, 1.165) is 28.7 Å². The normalized spacial score (nSPS) is 14.3. The predicted octanol–water partition coefficient (Wildman–Crippen LogP) is 2.97. The van der Waals surface area contributed by atoms with E-state index >= 15 is 0 Å². The van der Waals surface area contributed by atoms with E-state index in [-0.39, 0.29) is 5.91 Å². The van der Waals surface area contributed by atoms with E-state index in [1.807, 2.05) is 13.8 Å². The fourth-order valence-corrected chi connectivity index (χ4v) is 2.68. The standard InChI is InChI=1S/C13H14ClNO/c1-7(2)12-8(3)9-4-5-15-13(16)10(9)6-11(12)14/h6H,1,4-5H2,2-3H3,(H,15,16). The molecular formula is C13H14ClNO. The number of amides is 1. The van der Waals surface area contributed by atoms with Crippen LogP contribution in [-0.2, 0) is 6.42 Å². The molecule has 0 saturated carbocycles. The zero-order chi connectivity index (χ0) is 11.9. The van der Waals surface area contributed by atoms with Crippen LogP contribution in [0.15, 0.2) is 12.6 Å². The van der Waals surface area contributed by atoms with Gasteiger partial charge in [0.15, 0.2) is 0 Å². The van der Waals surface area contributed by atoms with Gasteiger partial charge in [-0.05, 0) is 48.6 Å². The maximum absolute atomic E-state index is 11.7. The summed E-state index contributed by atoms with van der Waals surface area (Å²) in [4.78, 5) is 11.7. The topological polar surface area (TPSA) is 29.1 Å². The SMILES string of the molecule is C=C(C)c1c(Cl)cc2c(c1C)CCNC2=O. The highest BCUT2D eigenvalue weighted by molar-refractivity contribution is 6.33. The van der Waals surface area contributed by atoms with Crippen LogP contribution in [0.2, 0.25) is 5.02 Å². The third-order valence-electron chi connectivity index (χ3n) is 2.99. The Balaban J connectivity index is 2.72. The number of benzene rings is 1. The van der Waals surface area contributed by atoms with Crippen LogP contribution < -0.4 is 5.32 Å². The number of carbonyl (C=O) groups excluding carboxylic acids is 1. The van der Waals surface area contributed by atoms with Gasteiger partial charge in [-0.1, -0.05) is 18.2 Å². The lowest BCUT2D eigenvalue weighted by Gasteiger charge is -2.21. The van der Waals surface area contributed by atoms with Gasteiger partial charge in [0.25, 0.3) is 5.91 Å². The second kappa shape index (κ2) is 3.95. The lowest BCUT2D eigenvalue weighted by Crippen LogP contribution is -2.32. The summed E-state index contributed by atoms with van der Waals surface area (Å²) in [7, 11) is 0. The third kappa shape index (κ3) is 1.63. The molecule has 0 fully saturated rings. The quantitative estimate of drug-likeness (QED) is 0.797. The molecule has 0 saturated heterocycles. The van der Waals surface area contributed by atoms with Crippen LogP contribution in [0, 0.1) is 6.92 Å². The maximum Gasteiger partial charge on any atom is 0.251 e. The van der Waals surface area contributed by atoms with Gasteiger partial charge >= 0.3 is 0 Å². The number of nitrogens with one attached hydrogen (secondary N) is 1. The van der Waals surface area contributed by atoms with E-state index in [1.54, 1.807) is 6.07 Å². The monoisotopic (exact) mass is 235 g/mol. The molecule has 1 amide bonds. The lowest BCUT2D eigenvalue weighted by molar-refractivity contribution is 0.0946. The number of hydrogen-bond acceptors (Lipinski definition) is 1. The highest BCUT2D eigenvalue weighted by Crippen LogP contribution is 2.32. The third-order valence-corrected chi connectivity index (χ3v) is 3.29. The highest BCUT2D eigenvalue weighted by atomic mass is 35.5. The molecule has 0 unspecified atom stereocenters. The molecule has 1 aliphatic rings. The molecule has 1 N–H and O–H groups in total. The largest absolute Gasteiger partial charge is 0.352 e. The average molecular weight is 236 g/mol. The van der Waals surface area contributed by atoms with E-state index in [9.17, 15) is 4.79 Å². The lowest BCUT2D eigenvalue weighted by atomic mass is 9.90. The van der Waals surface area contributed by atoms with E-state index in [4.69, 9.17) is 11.6 Å². The molecule has 0 atom stereocenters. The number of halogens is 1. The Morgan fingerprint density at radius 2 is 2.25 bits per heavy atom. The summed E-state index contributed by atoms with van der Waals surface area (Å²) in [6, 6.07) is 1.75. The minimum atomic E-state index is -0.0282. The Kier molecular flexibility index (Phi) is 2.76. The first-order valence-electron chi connectivity index (χ1n) is 5.28. The van der Waals surface area contributed by atoms with Crippen LogP contribution in [0.4, 0.5) is 0 Å². The molecular weight excluding hydrogens is 222 g/mol. The van der Waals surface area contributed by atoms with Gasteiger partial charge in [-0.15, -0.1) is 0 Å². The van der Waals surface area contributed by atoms with Crippen molar-refractivity contribution in [3.05, 3.63) is 39.9 Å². The van der Waals surface area contributed by atoms with Crippen LogP contribution in [0.3, 0.4) is 0 Å². The molecule has 84 valence electrons. The molecule has 2 nitrogen and oxygen atoms in total. The fourth-order valence-electron chi connectivity index (χ4n) is 2.26. The van der Waals surface area contributed by atoms with Crippen molar-refractivity contribution in [3.8, 4) is 0 Å². The van der Waals surface area contributed by atoms with Crippen LogP contribution in [-0.4, -0.2) is 12.5 Å². The molecule has 2 rings (SSSR count). The molecule has 1 aromatic carbocycles. The van der Waals surface area contributed by atoms with Crippen LogP contribution in [0.1, 0.15) is 34.0 Å². The van der Waals surface area contributed by atoms with Gasteiger partial charge in [-0.25, -0.2) is 0 Å². The van der Waals surface area contributed by atoms with Gasteiger partial charge in [0, 0.05) is 17.1 Å². The maximum atomic E-state index is 11.7. The first kappa shape index (κ1) is 11.2. The van der Waals surface area contributed by atoms with Crippen molar-refractivity contribution in [2.75, 3.05) is 6.54 Å². The van der Waals surface area contributed by atoms with E-state index in [2.05, 4.69) is 11.9 Å². The first-order chi connectivity index (χ1) is 7.52. The van der Waals surface area contributed by atoms with Crippen molar-refractivity contribution in [2.45, 2.75) is 20.3 Å².